The SMILES string of the molecule is Nc1ccc2[nH]cc(S(=O)(=O)NCC3CC(O)C3)c2c1. The number of nitrogens with one attached hydrogen (secondary N) is 2. The normalized spacial score (nSPS) is 22.9. The van der Waals surface area contributed by atoms with Crippen LogP contribution in [0.3, 0.4) is 0 Å². The quantitative estimate of drug-likeness (QED) is 0.626. The molecule has 6 nitrogen and oxygen atoms in total. The Morgan fingerprint density at radius 3 is 2.85 bits per heavy atom. The second-order valence-corrected chi connectivity index (χ2v) is 7.04. The lowest BCUT2D eigenvalue weighted by Crippen LogP contribution is -2.38. The summed E-state index contributed by atoms with van der Waals surface area (Å²) < 4.78 is 27.2. The van der Waals surface area contributed by atoms with Crippen LogP contribution in [0.15, 0.2) is 29.3 Å². The predicted octanol–water partition coefficient (Wildman–Crippen LogP) is 0.799. The van der Waals surface area contributed by atoms with E-state index in [1.54, 1.807) is 18.2 Å². The molecule has 2 aromatic rings. The molecule has 0 spiro atoms. The maximum absolute atomic E-state index is 12.3. The zero-order valence-electron chi connectivity index (χ0n) is 10.8. The summed E-state index contributed by atoms with van der Waals surface area (Å²) >= 11 is 0. The third kappa shape index (κ3) is 2.39. The highest BCUT2D eigenvalue weighted by molar-refractivity contribution is 7.89. The Balaban J connectivity index is 1.83. The van der Waals surface area contributed by atoms with Crippen molar-refractivity contribution in [2.45, 2.75) is 23.8 Å². The molecule has 20 heavy (non-hydrogen) atoms. The fourth-order valence-corrected chi connectivity index (χ4v) is 3.79. The topological polar surface area (TPSA) is 108 Å². The van der Waals surface area contributed by atoms with Gasteiger partial charge in [0, 0.05) is 29.3 Å². The average Bonchev–Trinajstić information content (AvgIpc) is 2.76. The van der Waals surface area contributed by atoms with Gasteiger partial charge in [-0.2, -0.15) is 0 Å². The molecule has 1 heterocycles. The van der Waals surface area contributed by atoms with E-state index in [1.807, 2.05) is 0 Å². The first-order valence-corrected chi connectivity index (χ1v) is 7.98. The second kappa shape index (κ2) is 4.76. The van der Waals surface area contributed by atoms with Gasteiger partial charge in [0.05, 0.1) is 6.10 Å². The van der Waals surface area contributed by atoms with Gasteiger partial charge in [0.25, 0.3) is 0 Å². The van der Waals surface area contributed by atoms with Crippen molar-refractivity contribution in [2.24, 2.45) is 5.92 Å². The Morgan fingerprint density at radius 2 is 2.15 bits per heavy atom. The second-order valence-electron chi connectivity index (χ2n) is 5.30. The van der Waals surface area contributed by atoms with Crippen molar-refractivity contribution in [3.8, 4) is 0 Å². The highest BCUT2D eigenvalue weighted by Gasteiger charge is 2.29. The number of sulfonamides is 1. The van der Waals surface area contributed by atoms with Crippen molar-refractivity contribution in [3.63, 3.8) is 0 Å². The highest BCUT2D eigenvalue weighted by Crippen LogP contribution is 2.28. The summed E-state index contributed by atoms with van der Waals surface area (Å²) in [6, 6.07) is 5.12. The molecule has 1 fully saturated rings. The third-order valence-electron chi connectivity index (χ3n) is 3.73. The van der Waals surface area contributed by atoms with Crippen molar-refractivity contribution in [3.05, 3.63) is 24.4 Å². The first-order chi connectivity index (χ1) is 9.45. The Morgan fingerprint density at radius 1 is 1.40 bits per heavy atom. The molecule has 0 bridgehead atoms. The summed E-state index contributed by atoms with van der Waals surface area (Å²) in [5.74, 6) is 0.218. The third-order valence-corrected chi connectivity index (χ3v) is 5.19. The van der Waals surface area contributed by atoms with Crippen LogP contribution in [-0.4, -0.2) is 31.2 Å². The number of rotatable bonds is 4. The maximum Gasteiger partial charge on any atom is 0.242 e. The minimum Gasteiger partial charge on any atom is -0.399 e. The molecule has 1 aliphatic carbocycles. The average molecular weight is 295 g/mol. The summed E-state index contributed by atoms with van der Waals surface area (Å²) in [5.41, 5.74) is 6.97. The van der Waals surface area contributed by atoms with Crippen LogP contribution in [0.1, 0.15) is 12.8 Å². The lowest BCUT2D eigenvalue weighted by molar-refractivity contribution is 0.0453. The predicted molar refractivity (Wildman–Crippen MR) is 76.6 cm³/mol. The number of aromatic amines is 1. The molecule has 0 atom stereocenters. The standard InChI is InChI=1S/C13H17N3O3S/c14-9-1-2-12-11(5-9)13(7-15-12)20(18,19)16-6-8-3-10(17)4-8/h1-2,5,7-8,10,15-17H,3-4,6,14H2. The minimum absolute atomic E-state index is 0.208. The highest BCUT2D eigenvalue weighted by atomic mass is 32.2. The van der Waals surface area contributed by atoms with Gasteiger partial charge >= 0.3 is 0 Å². The van der Waals surface area contributed by atoms with Crippen LogP contribution in [0, 0.1) is 5.92 Å². The lowest BCUT2D eigenvalue weighted by atomic mass is 9.83. The Labute approximate surface area is 117 Å². The van der Waals surface area contributed by atoms with Gasteiger partial charge in [-0.25, -0.2) is 13.1 Å². The van der Waals surface area contributed by atoms with Crippen LogP contribution in [0.4, 0.5) is 5.69 Å². The zero-order valence-corrected chi connectivity index (χ0v) is 11.7. The Kier molecular flexibility index (Phi) is 3.19. The van der Waals surface area contributed by atoms with Gasteiger partial charge in [0.1, 0.15) is 4.90 Å². The van der Waals surface area contributed by atoms with Gasteiger partial charge in [-0.15, -0.1) is 0 Å². The van der Waals surface area contributed by atoms with Gasteiger partial charge in [-0.3, -0.25) is 0 Å². The largest absolute Gasteiger partial charge is 0.399 e. The van der Waals surface area contributed by atoms with E-state index >= 15 is 0 Å². The van der Waals surface area contributed by atoms with E-state index in [0.29, 0.717) is 30.5 Å². The summed E-state index contributed by atoms with van der Waals surface area (Å²) in [4.78, 5) is 3.14. The molecule has 0 unspecified atom stereocenters. The van der Waals surface area contributed by atoms with Crippen molar-refractivity contribution in [1.29, 1.82) is 0 Å². The van der Waals surface area contributed by atoms with E-state index in [2.05, 4.69) is 9.71 Å². The van der Waals surface area contributed by atoms with E-state index < -0.39 is 10.0 Å². The number of hydrogen-bond donors (Lipinski definition) is 4. The summed E-state index contributed by atoms with van der Waals surface area (Å²) in [6.07, 6.45) is 2.51. The minimum atomic E-state index is -3.57. The summed E-state index contributed by atoms with van der Waals surface area (Å²) in [5, 5.41) is 9.80. The first-order valence-electron chi connectivity index (χ1n) is 6.50. The number of nitrogens with two attached hydrogens (primary N) is 1. The number of aromatic nitrogens is 1. The number of H-pyrrole nitrogens is 1. The van der Waals surface area contributed by atoms with Crippen molar-refractivity contribution in [1.82, 2.24) is 9.71 Å². The number of aliphatic hydroxyl groups is 1. The molecule has 1 saturated carbocycles. The molecule has 3 rings (SSSR count). The molecule has 0 saturated heterocycles. The molecule has 1 aliphatic rings. The lowest BCUT2D eigenvalue weighted by Gasteiger charge is -2.31. The Bertz CT molecular complexity index is 732. The van der Waals surface area contributed by atoms with Crippen LogP contribution in [0.5, 0.6) is 0 Å². The number of fused-ring (bicyclic) bond motifs is 1. The zero-order chi connectivity index (χ0) is 14.3. The number of aliphatic hydroxyl groups excluding tert-OH is 1. The Hall–Kier alpha value is -1.57. The fraction of sp³-hybridized carbons (Fsp3) is 0.385. The van der Waals surface area contributed by atoms with Crippen molar-refractivity contribution < 1.29 is 13.5 Å². The van der Waals surface area contributed by atoms with Crippen LogP contribution < -0.4 is 10.5 Å². The van der Waals surface area contributed by atoms with E-state index in [0.717, 1.165) is 5.52 Å². The molecule has 0 aliphatic heterocycles. The van der Waals surface area contributed by atoms with E-state index in [1.165, 1.54) is 6.20 Å². The molecule has 1 aromatic heterocycles. The molecule has 5 N–H and O–H groups in total. The smallest absolute Gasteiger partial charge is 0.242 e. The van der Waals surface area contributed by atoms with Gasteiger partial charge in [-0.1, -0.05) is 0 Å². The van der Waals surface area contributed by atoms with Crippen LogP contribution >= 0.6 is 0 Å². The summed E-state index contributed by atoms with van der Waals surface area (Å²) in [6.45, 7) is 0.356. The fourth-order valence-electron chi connectivity index (χ4n) is 2.51. The van der Waals surface area contributed by atoms with Crippen LogP contribution in [0.2, 0.25) is 0 Å². The molecule has 108 valence electrons. The van der Waals surface area contributed by atoms with E-state index in [9.17, 15) is 13.5 Å². The molecular weight excluding hydrogens is 278 g/mol. The van der Waals surface area contributed by atoms with Crippen LogP contribution in [-0.2, 0) is 10.0 Å². The molecule has 7 heteroatoms. The number of anilines is 1. The first kappa shape index (κ1) is 13.4. The number of benzene rings is 1. The van der Waals surface area contributed by atoms with Crippen molar-refractivity contribution in [2.75, 3.05) is 12.3 Å². The summed E-state index contributed by atoms with van der Waals surface area (Å²) in [7, 11) is -3.57. The maximum atomic E-state index is 12.3. The van der Waals surface area contributed by atoms with Gasteiger partial charge in [0.15, 0.2) is 0 Å². The van der Waals surface area contributed by atoms with E-state index in [-0.39, 0.29) is 16.9 Å². The van der Waals surface area contributed by atoms with Crippen molar-refractivity contribution >= 4 is 26.6 Å². The van der Waals surface area contributed by atoms with Gasteiger partial charge in [-0.05, 0) is 37.0 Å². The molecule has 0 radical (unpaired) electrons. The van der Waals surface area contributed by atoms with Crippen LogP contribution in [0.25, 0.3) is 10.9 Å². The van der Waals surface area contributed by atoms with E-state index in [4.69, 9.17) is 5.73 Å². The number of hydrogen-bond acceptors (Lipinski definition) is 4. The van der Waals surface area contributed by atoms with Gasteiger partial charge in [0.2, 0.25) is 10.0 Å². The number of nitrogen functional groups attached to an aromatic ring is 1. The molecule has 1 aromatic carbocycles. The molecular formula is C13H17N3O3S. The monoisotopic (exact) mass is 295 g/mol. The van der Waals surface area contributed by atoms with Gasteiger partial charge < -0.3 is 15.8 Å². The molecule has 0 amide bonds.